The molecule has 0 aromatic heterocycles. The Hall–Kier alpha value is -1.05. The molecule has 0 spiro atoms. The van der Waals surface area contributed by atoms with Crippen molar-refractivity contribution in [2.24, 2.45) is 17.8 Å². The summed E-state index contributed by atoms with van der Waals surface area (Å²) in [6.07, 6.45) is 6.36. The van der Waals surface area contributed by atoms with Gasteiger partial charge in [-0.15, -0.1) is 0 Å². The lowest BCUT2D eigenvalue weighted by Gasteiger charge is -2.05. The van der Waals surface area contributed by atoms with Gasteiger partial charge in [-0.1, -0.05) is 19.1 Å². The van der Waals surface area contributed by atoms with Gasteiger partial charge in [0.1, 0.15) is 0 Å². The van der Waals surface area contributed by atoms with Crippen LogP contribution in [0.25, 0.3) is 0 Å². The summed E-state index contributed by atoms with van der Waals surface area (Å²) in [5, 5.41) is 2.79. The predicted molar refractivity (Wildman–Crippen MR) is 47.2 cm³/mol. The molecular weight excluding hydrogens is 150 g/mol. The molecule has 2 rings (SSSR count). The third-order valence-corrected chi connectivity index (χ3v) is 2.71. The molecule has 0 saturated heterocycles. The molecule has 0 aromatic carbocycles. The molecule has 1 amide bonds. The number of allylic oxidation sites excluding steroid dienone is 3. The summed E-state index contributed by atoms with van der Waals surface area (Å²) < 4.78 is 0. The fraction of sp³-hybridized carbons (Fsp3) is 0.500. The number of hydrogen-bond donors (Lipinski definition) is 1. The first-order chi connectivity index (χ1) is 5.68. The van der Waals surface area contributed by atoms with Crippen LogP contribution >= 0.6 is 0 Å². The molecule has 1 fully saturated rings. The highest BCUT2D eigenvalue weighted by molar-refractivity contribution is 5.75. The van der Waals surface area contributed by atoms with Crippen LogP contribution in [0, 0.1) is 17.8 Å². The van der Waals surface area contributed by atoms with Gasteiger partial charge in [-0.05, 0) is 23.8 Å². The Bertz CT molecular complexity index is 278. The largest absolute Gasteiger partial charge is 0.327 e. The molecule has 1 saturated carbocycles. The van der Waals surface area contributed by atoms with Crippen LogP contribution in [0.1, 0.15) is 13.8 Å². The zero-order valence-corrected chi connectivity index (χ0v) is 7.37. The van der Waals surface area contributed by atoms with Crippen molar-refractivity contribution in [3.8, 4) is 0 Å². The average molecular weight is 163 g/mol. The second kappa shape index (κ2) is 2.47. The molecule has 2 aliphatic carbocycles. The summed E-state index contributed by atoms with van der Waals surface area (Å²) in [7, 11) is 0. The van der Waals surface area contributed by atoms with E-state index in [1.54, 1.807) is 0 Å². The fourth-order valence-electron chi connectivity index (χ4n) is 1.86. The summed E-state index contributed by atoms with van der Waals surface area (Å²) >= 11 is 0. The molecule has 12 heavy (non-hydrogen) atoms. The van der Waals surface area contributed by atoms with Crippen molar-refractivity contribution >= 4 is 5.91 Å². The molecule has 2 aliphatic rings. The van der Waals surface area contributed by atoms with Crippen LogP contribution in [-0.4, -0.2) is 5.91 Å². The predicted octanol–water partition coefficient (Wildman–Crippen LogP) is 1.46. The van der Waals surface area contributed by atoms with E-state index in [4.69, 9.17) is 0 Å². The number of carbonyl (C=O) groups is 1. The van der Waals surface area contributed by atoms with Crippen LogP contribution < -0.4 is 5.32 Å². The SMILES string of the molecule is CC(=O)NC1=CC2C(C)C2C=C1. The average Bonchev–Trinajstić information content (AvgIpc) is 2.61. The van der Waals surface area contributed by atoms with Crippen molar-refractivity contribution in [2.45, 2.75) is 13.8 Å². The van der Waals surface area contributed by atoms with E-state index < -0.39 is 0 Å². The Morgan fingerprint density at radius 2 is 2.25 bits per heavy atom. The summed E-state index contributed by atoms with van der Waals surface area (Å²) in [6, 6.07) is 0. The lowest BCUT2D eigenvalue weighted by molar-refractivity contribution is -0.118. The van der Waals surface area contributed by atoms with E-state index in [-0.39, 0.29) is 5.91 Å². The maximum absolute atomic E-state index is 10.7. The van der Waals surface area contributed by atoms with Crippen LogP contribution in [0.3, 0.4) is 0 Å². The number of amides is 1. The minimum Gasteiger partial charge on any atom is -0.327 e. The van der Waals surface area contributed by atoms with Gasteiger partial charge in [0, 0.05) is 12.6 Å². The van der Waals surface area contributed by atoms with Crippen molar-refractivity contribution in [3.05, 3.63) is 23.9 Å². The maximum Gasteiger partial charge on any atom is 0.221 e. The lowest BCUT2D eigenvalue weighted by Crippen LogP contribution is -2.18. The fourth-order valence-corrected chi connectivity index (χ4v) is 1.86. The van der Waals surface area contributed by atoms with Gasteiger partial charge >= 0.3 is 0 Å². The van der Waals surface area contributed by atoms with E-state index in [1.807, 2.05) is 6.08 Å². The van der Waals surface area contributed by atoms with Gasteiger partial charge in [0.25, 0.3) is 0 Å². The monoisotopic (exact) mass is 163 g/mol. The van der Waals surface area contributed by atoms with Gasteiger partial charge in [-0.3, -0.25) is 4.79 Å². The Kier molecular flexibility index (Phi) is 1.56. The third-order valence-electron chi connectivity index (χ3n) is 2.71. The van der Waals surface area contributed by atoms with Crippen molar-refractivity contribution < 1.29 is 4.79 Å². The minimum absolute atomic E-state index is 0.0117. The molecule has 0 bridgehead atoms. The molecule has 3 unspecified atom stereocenters. The van der Waals surface area contributed by atoms with Crippen LogP contribution in [0.4, 0.5) is 0 Å². The first-order valence-corrected chi connectivity index (χ1v) is 4.36. The smallest absolute Gasteiger partial charge is 0.221 e. The summed E-state index contributed by atoms with van der Waals surface area (Å²) in [5.41, 5.74) is 0.966. The van der Waals surface area contributed by atoms with Crippen molar-refractivity contribution in [1.29, 1.82) is 0 Å². The molecule has 0 radical (unpaired) electrons. The minimum atomic E-state index is 0.0117. The van der Waals surface area contributed by atoms with Gasteiger partial charge < -0.3 is 5.32 Å². The van der Waals surface area contributed by atoms with Gasteiger partial charge in [0.05, 0.1) is 0 Å². The molecule has 2 heteroatoms. The third kappa shape index (κ3) is 1.17. The van der Waals surface area contributed by atoms with Crippen molar-refractivity contribution in [2.75, 3.05) is 0 Å². The first kappa shape index (κ1) is 7.59. The number of rotatable bonds is 1. The highest BCUT2D eigenvalue weighted by atomic mass is 16.1. The molecule has 0 aliphatic heterocycles. The van der Waals surface area contributed by atoms with Crippen LogP contribution in [0.15, 0.2) is 23.9 Å². The Morgan fingerprint density at radius 3 is 2.83 bits per heavy atom. The van der Waals surface area contributed by atoms with Gasteiger partial charge in [-0.2, -0.15) is 0 Å². The van der Waals surface area contributed by atoms with E-state index in [0.29, 0.717) is 5.92 Å². The van der Waals surface area contributed by atoms with Crippen LogP contribution in [-0.2, 0) is 4.79 Å². The first-order valence-electron chi connectivity index (χ1n) is 4.36. The summed E-state index contributed by atoms with van der Waals surface area (Å²) in [6.45, 7) is 3.78. The molecule has 1 N–H and O–H groups in total. The Morgan fingerprint density at radius 1 is 1.50 bits per heavy atom. The second-order valence-corrected chi connectivity index (χ2v) is 3.68. The van der Waals surface area contributed by atoms with E-state index in [1.165, 1.54) is 6.92 Å². The number of fused-ring (bicyclic) bond motifs is 1. The lowest BCUT2D eigenvalue weighted by atomic mass is 10.1. The van der Waals surface area contributed by atoms with Gasteiger partial charge in [0.15, 0.2) is 0 Å². The van der Waals surface area contributed by atoms with Gasteiger partial charge in [0.2, 0.25) is 5.91 Å². The zero-order valence-electron chi connectivity index (χ0n) is 7.37. The molecule has 0 aromatic rings. The van der Waals surface area contributed by atoms with Crippen LogP contribution in [0.5, 0.6) is 0 Å². The Balaban J connectivity index is 2.05. The zero-order chi connectivity index (χ0) is 8.72. The quantitative estimate of drug-likeness (QED) is 0.623. The standard InChI is InChI=1S/C10H13NO/c1-6-9-4-3-8(5-10(6)9)11-7(2)12/h3-6,9-10H,1-2H3,(H,11,12). The molecule has 0 heterocycles. The summed E-state index contributed by atoms with van der Waals surface area (Å²) in [5.74, 6) is 2.20. The van der Waals surface area contributed by atoms with Gasteiger partial charge in [-0.25, -0.2) is 0 Å². The van der Waals surface area contributed by atoms with E-state index in [0.717, 1.165) is 17.5 Å². The van der Waals surface area contributed by atoms with E-state index >= 15 is 0 Å². The second-order valence-electron chi connectivity index (χ2n) is 3.68. The van der Waals surface area contributed by atoms with Crippen molar-refractivity contribution in [1.82, 2.24) is 5.32 Å². The topological polar surface area (TPSA) is 29.1 Å². The summed E-state index contributed by atoms with van der Waals surface area (Å²) in [4.78, 5) is 10.7. The number of nitrogens with one attached hydrogen (secondary N) is 1. The number of carbonyl (C=O) groups excluding carboxylic acids is 1. The molecular formula is C10H13NO. The highest BCUT2D eigenvalue weighted by Gasteiger charge is 2.44. The van der Waals surface area contributed by atoms with Crippen LogP contribution in [0.2, 0.25) is 0 Å². The Labute approximate surface area is 72.3 Å². The van der Waals surface area contributed by atoms with E-state index in [9.17, 15) is 4.79 Å². The van der Waals surface area contributed by atoms with Crippen molar-refractivity contribution in [3.63, 3.8) is 0 Å². The highest BCUT2D eigenvalue weighted by Crippen LogP contribution is 2.50. The normalized spacial score (nSPS) is 36.8. The molecule has 64 valence electrons. The molecule has 2 nitrogen and oxygen atoms in total. The van der Waals surface area contributed by atoms with E-state index in [2.05, 4.69) is 24.4 Å². The molecule has 3 atom stereocenters. The number of hydrogen-bond acceptors (Lipinski definition) is 1. The maximum atomic E-state index is 10.7.